The van der Waals surface area contributed by atoms with Crippen molar-refractivity contribution in [3.63, 3.8) is 0 Å². The number of benzene rings is 1. The molecule has 0 amide bonds. The normalized spacial score (nSPS) is 17.9. The average Bonchev–Trinajstić information content (AvgIpc) is 3.00. The van der Waals surface area contributed by atoms with E-state index >= 15 is 0 Å². The zero-order valence-corrected chi connectivity index (χ0v) is 14.1. The second-order valence-corrected chi connectivity index (χ2v) is 6.18. The Morgan fingerprint density at radius 2 is 2.14 bits per heavy atom. The summed E-state index contributed by atoms with van der Waals surface area (Å²) in [5.41, 5.74) is 1.21. The van der Waals surface area contributed by atoms with E-state index < -0.39 is 0 Å². The van der Waals surface area contributed by atoms with Gasteiger partial charge in [0.25, 0.3) is 0 Å². The van der Waals surface area contributed by atoms with Gasteiger partial charge >= 0.3 is 0 Å². The Balaban J connectivity index is 1.89. The van der Waals surface area contributed by atoms with E-state index in [0.29, 0.717) is 25.2 Å². The van der Waals surface area contributed by atoms with Gasteiger partial charge in [-0.2, -0.15) is 0 Å². The van der Waals surface area contributed by atoms with Crippen LogP contribution in [0.1, 0.15) is 39.2 Å². The summed E-state index contributed by atoms with van der Waals surface area (Å²) in [6, 6.07) is 6.18. The maximum absolute atomic E-state index is 5.83. The summed E-state index contributed by atoms with van der Waals surface area (Å²) in [6.45, 7) is 10.3. The van der Waals surface area contributed by atoms with Gasteiger partial charge < -0.3 is 19.5 Å². The molecular formula is C18H29NO3. The van der Waals surface area contributed by atoms with E-state index in [2.05, 4.69) is 31.3 Å². The lowest BCUT2D eigenvalue weighted by Gasteiger charge is -2.15. The Morgan fingerprint density at radius 3 is 2.82 bits per heavy atom. The summed E-state index contributed by atoms with van der Waals surface area (Å²) in [5, 5.41) is 3.46. The van der Waals surface area contributed by atoms with Crippen molar-refractivity contribution in [2.45, 2.75) is 46.3 Å². The zero-order chi connectivity index (χ0) is 15.8. The molecule has 1 aromatic carbocycles. The molecule has 0 bridgehead atoms. The highest BCUT2D eigenvalue weighted by molar-refractivity contribution is 5.43. The Bertz CT molecular complexity index is 442. The first-order valence-electron chi connectivity index (χ1n) is 8.40. The molecule has 22 heavy (non-hydrogen) atoms. The van der Waals surface area contributed by atoms with Crippen molar-refractivity contribution < 1.29 is 14.2 Å². The fraction of sp³-hybridized carbons (Fsp3) is 0.667. The van der Waals surface area contributed by atoms with E-state index in [1.54, 1.807) is 0 Å². The van der Waals surface area contributed by atoms with Crippen molar-refractivity contribution in [1.29, 1.82) is 0 Å². The molecule has 1 aliphatic rings. The molecule has 0 radical (unpaired) electrons. The van der Waals surface area contributed by atoms with Crippen LogP contribution in [0.2, 0.25) is 0 Å². The molecule has 1 fully saturated rings. The minimum atomic E-state index is 0.375. The lowest BCUT2D eigenvalue weighted by Crippen LogP contribution is -2.25. The molecular weight excluding hydrogens is 278 g/mol. The molecule has 1 aliphatic heterocycles. The fourth-order valence-corrected chi connectivity index (χ4v) is 2.49. The van der Waals surface area contributed by atoms with Crippen LogP contribution in [-0.4, -0.2) is 32.5 Å². The molecule has 0 saturated carbocycles. The Hall–Kier alpha value is -1.26. The molecule has 1 heterocycles. The monoisotopic (exact) mass is 307 g/mol. The van der Waals surface area contributed by atoms with Crippen LogP contribution in [0.5, 0.6) is 11.5 Å². The molecule has 1 atom stereocenters. The summed E-state index contributed by atoms with van der Waals surface area (Å²) in [5.74, 6) is 2.17. The number of hydrogen-bond donors (Lipinski definition) is 1. The molecule has 1 unspecified atom stereocenters. The summed E-state index contributed by atoms with van der Waals surface area (Å²) in [6.07, 6.45) is 2.72. The summed E-state index contributed by atoms with van der Waals surface area (Å²) in [4.78, 5) is 0. The van der Waals surface area contributed by atoms with Gasteiger partial charge in [0.1, 0.15) is 0 Å². The van der Waals surface area contributed by atoms with Gasteiger partial charge in [-0.15, -0.1) is 0 Å². The highest BCUT2D eigenvalue weighted by Gasteiger charge is 2.14. The summed E-state index contributed by atoms with van der Waals surface area (Å²) in [7, 11) is 0. The molecule has 124 valence electrons. The second-order valence-electron chi connectivity index (χ2n) is 6.18. The molecule has 1 aromatic rings. The van der Waals surface area contributed by atoms with E-state index in [1.807, 2.05) is 13.0 Å². The van der Waals surface area contributed by atoms with Crippen LogP contribution in [0.4, 0.5) is 0 Å². The summed E-state index contributed by atoms with van der Waals surface area (Å²) < 4.78 is 17.2. The van der Waals surface area contributed by atoms with Gasteiger partial charge in [-0.25, -0.2) is 0 Å². The molecule has 0 aliphatic carbocycles. The molecule has 1 N–H and O–H groups in total. The molecule has 4 heteroatoms. The van der Waals surface area contributed by atoms with Crippen LogP contribution in [0, 0.1) is 5.92 Å². The maximum Gasteiger partial charge on any atom is 0.161 e. The number of ether oxygens (including phenoxy) is 3. The van der Waals surface area contributed by atoms with Crippen LogP contribution in [-0.2, 0) is 11.3 Å². The van der Waals surface area contributed by atoms with Crippen LogP contribution < -0.4 is 14.8 Å². The molecule has 2 rings (SSSR count). The van der Waals surface area contributed by atoms with Crippen LogP contribution >= 0.6 is 0 Å². The minimum absolute atomic E-state index is 0.375. The molecule has 1 saturated heterocycles. The number of hydrogen-bond acceptors (Lipinski definition) is 4. The van der Waals surface area contributed by atoms with Gasteiger partial charge in [-0.1, -0.05) is 19.9 Å². The number of rotatable bonds is 9. The van der Waals surface area contributed by atoms with E-state index in [-0.39, 0.29) is 0 Å². The topological polar surface area (TPSA) is 39.7 Å². The van der Waals surface area contributed by atoms with Gasteiger partial charge in [0.2, 0.25) is 0 Å². The van der Waals surface area contributed by atoms with Crippen molar-refractivity contribution in [3.05, 3.63) is 23.8 Å². The van der Waals surface area contributed by atoms with Crippen molar-refractivity contribution in [2.75, 3.05) is 26.4 Å². The van der Waals surface area contributed by atoms with Crippen molar-refractivity contribution in [1.82, 2.24) is 5.32 Å². The van der Waals surface area contributed by atoms with Crippen LogP contribution in [0.25, 0.3) is 0 Å². The summed E-state index contributed by atoms with van der Waals surface area (Å²) >= 11 is 0. The van der Waals surface area contributed by atoms with E-state index in [1.165, 1.54) is 18.4 Å². The standard InChI is InChI=1S/C18H29NO3/c1-4-20-18-10-15(7-8-17(18)22-13-14(2)3)11-19-12-16-6-5-9-21-16/h7-8,10,14,16,19H,4-6,9,11-13H2,1-3H3. The van der Waals surface area contributed by atoms with Gasteiger partial charge in [-0.05, 0) is 43.4 Å². The number of nitrogens with one attached hydrogen (secondary N) is 1. The average molecular weight is 307 g/mol. The molecule has 0 spiro atoms. The van der Waals surface area contributed by atoms with Crippen molar-refractivity contribution in [2.24, 2.45) is 5.92 Å². The highest BCUT2D eigenvalue weighted by Crippen LogP contribution is 2.29. The second kappa shape index (κ2) is 9.01. The first-order valence-corrected chi connectivity index (χ1v) is 8.40. The third-order valence-corrected chi connectivity index (χ3v) is 3.61. The lowest BCUT2D eigenvalue weighted by atomic mass is 10.2. The van der Waals surface area contributed by atoms with Crippen LogP contribution in [0.15, 0.2) is 18.2 Å². The maximum atomic E-state index is 5.83. The Kier molecular flexibility index (Phi) is 7.00. The first kappa shape index (κ1) is 17.1. The predicted octanol–water partition coefficient (Wildman–Crippen LogP) is 3.39. The van der Waals surface area contributed by atoms with Crippen molar-refractivity contribution in [3.8, 4) is 11.5 Å². The third-order valence-electron chi connectivity index (χ3n) is 3.61. The highest BCUT2D eigenvalue weighted by atomic mass is 16.5. The molecule has 4 nitrogen and oxygen atoms in total. The smallest absolute Gasteiger partial charge is 0.161 e. The molecule has 0 aromatic heterocycles. The van der Waals surface area contributed by atoms with E-state index in [9.17, 15) is 0 Å². The van der Waals surface area contributed by atoms with Gasteiger partial charge in [-0.3, -0.25) is 0 Å². The van der Waals surface area contributed by atoms with Crippen LogP contribution in [0.3, 0.4) is 0 Å². The third kappa shape index (κ3) is 5.50. The van der Waals surface area contributed by atoms with Gasteiger partial charge in [0.05, 0.1) is 19.3 Å². The fourth-order valence-electron chi connectivity index (χ4n) is 2.49. The van der Waals surface area contributed by atoms with Gasteiger partial charge in [0, 0.05) is 19.7 Å². The van der Waals surface area contributed by atoms with E-state index in [4.69, 9.17) is 14.2 Å². The van der Waals surface area contributed by atoms with E-state index in [0.717, 1.165) is 31.2 Å². The minimum Gasteiger partial charge on any atom is -0.490 e. The quantitative estimate of drug-likeness (QED) is 0.759. The largest absolute Gasteiger partial charge is 0.490 e. The SMILES string of the molecule is CCOc1cc(CNCC2CCCO2)ccc1OCC(C)C. The van der Waals surface area contributed by atoms with Gasteiger partial charge in [0.15, 0.2) is 11.5 Å². The Labute approximate surface area is 134 Å². The van der Waals surface area contributed by atoms with Crippen molar-refractivity contribution >= 4 is 0 Å². The predicted molar refractivity (Wildman–Crippen MR) is 88.6 cm³/mol. The first-order chi connectivity index (χ1) is 10.7. The lowest BCUT2D eigenvalue weighted by molar-refractivity contribution is 0.110. The Morgan fingerprint density at radius 1 is 1.27 bits per heavy atom. The zero-order valence-electron chi connectivity index (χ0n) is 14.1.